The zero-order valence-corrected chi connectivity index (χ0v) is 11.2. The van der Waals surface area contributed by atoms with E-state index in [4.69, 9.17) is 0 Å². The summed E-state index contributed by atoms with van der Waals surface area (Å²) < 4.78 is 1.90. The van der Waals surface area contributed by atoms with Crippen LogP contribution >= 0.6 is 0 Å². The van der Waals surface area contributed by atoms with Crippen molar-refractivity contribution in [1.29, 1.82) is 0 Å². The molecule has 1 aromatic rings. The van der Waals surface area contributed by atoms with Crippen LogP contribution in [0.15, 0.2) is 12.3 Å². The molecule has 4 bridgehead atoms. The summed E-state index contributed by atoms with van der Waals surface area (Å²) in [5, 5.41) is 8.29. The van der Waals surface area contributed by atoms with Gasteiger partial charge in [0.05, 0.1) is 5.69 Å². The largest absolute Gasteiger partial charge is 0.308 e. The van der Waals surface area contributed by atoms with E-state index in [-0.39, 0.29) is 0 Å². The first-order valence-electron chi connectivity index (χ1n) is 7.50. The average Bonchev–Trinajstić information content (AvgIpc) is 2.73. The van der Waals surface area contributed by atoms with Crippen molar-refractivity contribution in [3.05, 3.63) is 18.0 Å². The van der Waals surface area contributed by atoms with Crippen LogP contribution in [0.3, 0.4) is 0 Å². The molecule has 0 unspecified atom stereocenters. The molecule has 4 aliphatic carbocycles. The van der Waals surface area contributed by atoms with Crippen LogP contribution in [0.25, 0.3) is 0 Å². The van der Waals surface area contributed by atoms with Gasteiger partial charge in [-0.2, -0.15) is 5.10 Å². The number of rotatable bonds is 3. The maximum atomic E-state index is 4.47. The van der Waals surface area contributed by atoms with E-state index in [2.05, 4.69) is 16.5 Å². The van der Waals surface area contributed by atoms with Gasteiger partial charge in [-0.1, -0.05) is 0 Å². The van der Waals surface area contributed by atoms with Gasteiger partial charge in [-0.3, -0.25) is 4.68 Å². The molecule has 18 heavy (non-hydrogen) atoms. The Morgan fingerprint density at radius 3 is 2.39 bits per heavy atom. The summed E-state index contributed by atoms with van der Waals surface area (Å²) in [4.78, 5) is 0. The van der Waals surface area contributed by atoms with E-state index < -0.39 is 0 Å². The van der Waals surface area contributed by atoms with Gasteiger partial charge in [0.1, 0.15) is 0 Å². The van der Waals surface area contributed by atoms with Crippen LogP contribution in [-0.2, 0) is 13.6 Å². The summed E-state index contributed by atoms with van der Waals surface area (Å²) in [5.41, 5.74) is 1.19. The number of aromatic nitrogens is 2. The summed E-state index contributed by atoms with van der Waals surface area (Å²) in [6.45, 7) is 0.952. The lowest BCUT2D eigenvalue weighted by molar-refractivity contribution is -0.0143. The van der Waals surface area contributed by atoms with Gasteiger partial charge in [0, 0.05) is 25.8 Å². The third-order valence-electron chi connectivity index (χ3n) is 5.51. The van der Waals surface area contributed by atoms with Crippen LogP contribution in [0.5, 0.6) is 0 Å². The summed E-state index contributed by atoms with van der Waals surface area (Å²) in [6, 6.07) is 2.91. The molecule has 1 aromatic heterocycles. The van der Waals surface area contributed by atoms with E-state index >= 15 is 0 Å². The van der Waals surface area contributed by atoms with Crippen LogP contribution in [0.4, 0.5) is 0 Å². The third kappa shape index (κ3) is 1.80. The van der Waals surface area contributed by atoms with Gasteiger partial charge < -0.3 is 5.32 Å². The fraction of sp³-hybridized carbons (Fsp3) is 0.800. The monoisotopic (exact) mass is 245 g/mol. The van der Waals surface area contributed by atoms with Crippen LogP contribution in [0.1, 0.15) is 37.8 Å². The molecule has 0 aromatic carbocycles. The first-order valence-corrected chi connectivity index (χ1v) is 7.50. The first-order chi connectivity index (χ1) is 8.78. The van der Waals surface area contributed by atoms with Crippen molar-refractivity contribution in [1.82, 2.24) is 15.1 Å². The lowest BCUT2D eigenvalue weighted by atomic mass is 9.54. The zero-order chi connectivity index (χ0) is 12.1. The van der Waals surface area contributed by atoms with Crippen LogP contribution in [0.2, 0.25) is 0 Å². The highest BCUT2D eigenvalue weighted by atomic mass is 15.3. The van der Waals surface area contributed by atoms with E-state index in [1.807, 2.05) is 17.9 Å². The summed E-state index contributed by atoms with van der Waals surface area (Å²) in [5.74, 6) is 4.07. The second-order valence-corrected chi connectivity index (χ2v) is 6.82. The average molecular weight is 245 g/mol. The Hall–Kier alpha value is -0.830. The maximum Gasteiger partial charge on any atom is 0.0762 e. The van der Waals surface area contributed by atoms with Crippen LogP contribution in [-0.4, -0.2) is 15.8 Å². The standard InChI is InChI=1S/C15H23N3/c1-18-3-2-14(17-18)9-16-15-12-5-10-4-11(7-12)8-13(15)6-10/h2-3,10-13,15-16H,4-9H2,1H3. The minimum atomic E-state index is 0.778. The zero-order valence-electron chi connectivity index (χ0n) is 11.2. The topological polar surface area (TPSA) is 29.9 Å². The van der Waals surface area contributed by atoms with Crippen molar-refractivity contribution >= 4 is 0 Å². The van der Waals surface area contributed by atoms with Crippen molar-refractivity contribution in [2.45, 2.75) is 44.7 Å². The van der Waals surface area contributed by atoms with Crippen molar-refractivity contribution in [2.24, 2.45) is 30.7 Å². The van der Waals surface area contributed by atoms with Crippen molar-refractivity contribution in [3.8, 4) is 0 Å². The second-order valence-electron chi connectivity index (χ2n) is 6.82. The highest BCUT2D eigenvalue weighted by molar-refractivity contribution is 5.04. The maximum absolute atomic E-state index is 4.47. The highest BCUT2D eigenvalue weighted by Gasteiger charge is 2.47. The minimum Gasteiger partial charge on any atom is -0.308 e. The highest BCUT2D eigenvalue weighted by Crippen LogP contribution is 2.53. The normalized spacial score (nSPS) is 41.5. The smallest absolute Gasteiger partial charge is 0.0762 e. The number of aryl methyl sites for hydroxylation is 1. The van der Waals surface area contributed by atoms with Gasteiger partial charge in [0.2, 0.25) is 0 Å². The molecule has 1 N–H and O–H groups in total. The molecule has 3 nitrogen and oxygen atoms in total. The lowest BCUT2D eigenvalue weighted by Crippen LogP contribution is -2.54. The fourth-order valence-electron chi connectivity index (χ4n) is 5.04. The molecule has 4 saturated carbocycles. The molecule has 4 fully saturated rings. The molecule has 0 atom stereocenters. The molecule has 1 heterocycles. The Kier molecular flexibility index (Phi) is 2.51. The molecular formula is C15H23N3. The Balaban J connectivity index is 1.43. The molecule has 98 valence electrons. The lowest BCUT2D eigenvalue weighted by Gasteiger charge is -2.54. The summed E-state index contributed by atoms with van der Waals surface area (Å²) >= 11 is 0. The van der Waals surface area contributed by atoms with Crippen molar-refractivity contribution in [3.63, 3.8) is 0 Å². The Bertz CT molecular complexity index is 409. The number of nitrogens with one attached hydrogen (secondary N) is 1. The minimum absolute atomic E-state index is 0.778. The molecular weight excluding hydrogens is 222 g/mol. The predicted octanol–water partition coefficient (Wildman–Crippen LogP) is 2.33. The van der Waals surface area contributed by atoms with E-state index in [0.717, 1.165) is 36.3 Å². The fourth-order valence-corrected chi connectivity index (χ4v) is 5.04. The van der Waals surface area contributed by atoms with Gasteiger partial charge >= 0.3 is 0 Å². The Morgan fingerprint density at radius 2 is 1.83 bits per heavy atom. The quantitative estimate of drug-likeness (QED) is 0.886. The first kappa shape index (κ1) is 11.0. The van der Waals surface area contributed by atoms with Gasteiger partial charge in [0.15, 0.2) is 0 Å². The Labute approximate surface area is 109 Å². The predicted molar refractivity (Wildman–Crippen MR) is 70.9 cm³/mol. The molecule has 0 spiro atoms. The molecule has 4 aliphatic rings. The molecule has 0 amide bonds. The van der Waals surface area contributed by atoms with Gasteiger partial charge in [-0.05, 0) is 61.8 Å². The van der Waals surface area contributed by atoms with E-state index in [0.29, 0.717) is 0 Å². The second kappa shape index (κ2) is 4.09. The van der Waals surface area contributed by atoms with E-state index in [1.165, 1.54) is 31.4 Å². The van der Waals surface area contributed by atoms with Crippen molar-refractivity contribution < 1.29 is 0 Å². The van der Waals surface area contributed by atoms with E-state index in [1.54, 1.807) is 6.42 Å². The molecule has 3 heteroatoms. The summed E-state index contributed by atoms with van der Waals surface area (Å²) in [7, 11) is 1.99. The van der Waals surface area contributed by atoms with Gasteiger partial charge in [0.25, 0.3) is 0 Å². The van der Waals surface area contributed by atoms with E-state index in [9.17, 15) is 0 Å². The number of hydrogen-bond acceptors (Lipinski definition) is 2. The van der Waals surface area contributed by atoms with Gasteiger partial charge in [-0.15, -0.1) is 0 Å². The molecule has 0 saturated heterocycles. The Morgan fingerprint density at radius 1 is 1.17 bits per heavy atom. The SMILES string of the molecule is Cn1ccc(CNC2C3CC4CC(C3)CC2C4)n1. The summed E-state index contributed by atoms with van der Waals surface area (Å²) in [6.07, 6.45) is 9.55. The number of nitrogens with zero attached hydrogens (tertiary/aromatic N) is 2. The number of hydrogen-bond donors (Lipinski definition) is 1. The van der Waals surface area contributed by atoms with Crippen LogP contribution < -0.4 is 5.32 Å². The van der Waals surface area contributed by atoms with Crippen LogP contribution in [0, 0.1) is 23.7 Å². The third-order valence-corrected chi connectivity index (χ3v) is 5.51. The van der Waals surface area contributed by atoms with Gasteiger partial charge in [-0.25, -0.2) is 0 Å². The molecule has 0 aliphatic heterocycles. The molecule has 5 rings (SSSR count). The molecule has 0 radical (unpaired) electrons. The van der Waals surface area contributed by atoms with Crippen molar-refractivity contribution in [2.75, 3.05) is 0 Å².